The van der Waals surface area contributed by atoms with E-state index in [-0.39, 0.29) is 10.7 Å². The second kappa shape index (κ2) is 6.61. The Morgan fingerprint density at radius 1 is 1.08 bits per heavy atom. The van der Waals surface area contributed by atoms with Crippen molar-refractivity contribution < 1.29 is 13.2 Å². The van der Waals surface area contributed by atoms with E-state index in [0.29, 0.717) is 37.4 Å². The molecule has 0 amide bonds. The van der Waals surface area contributed by atoms with E-state index in [0.717, 1.165) is 5.69 Å². The average molecular weight is 362 g/mol. The van der Waals surface area contributed by atoms with E-state index in [2.05, 4.69) is 10.00 Å². The Labute approximate surface area is 147 Å². The van der Waals surface area contributed by atoms with Gasteiger partial charge in [-0.1, -0.05) is 0 Å². The van der Waals surface area contributed by atoms with Gasteiger partial charge in [0, 0.05) is 50.7 Å². The average Bonchev–Trinajstić information content (AvgIpc) is 2.94. The lowest BCUT2D eigenvalue weighted by atomic mass is 10.1. The predicted octanol–water partition coefficient (Wildman–Crippen LogP) is 1.44. The highest BCUT2D eigenvalue weighted by Crippen LogP contribution is 2.23. The van der Waals surface area contributed by atoms with Gasteiger partial charge in [0.1, 0.15) is 4.90 Å². The number of piperazine rings is 1. The highest BCUT2D eigenvalue weighted by Gasteiger charge is 2.31. The van der Waals surface area contributed by atoms with E-state index in [1.807, 2.05) is 12.1 Å². The van der Waals surface area contributed by atoms with Crippen molar-refractivity contribution in [3.63, 3.8) is 0 Å². The molecule has 1 fully saturated rings. The van der Waals surface area contributed by atoms with Gasteiger partial charge < -0.3 is 4.90 Å². The van der Waals surface area contributed by atoms with Crippen molar-refractivity contribution in [2.45, 2.75) is 18.7 Å². The minimum Gasteiger partial charge on any atom is -0.369 e. The number of nitrogens with zero attached hydrogens (tertiary/aromatic N) is 4. The minimum absolute atomic E-state index is 0.0364. The molecule has 0 N–H and O–H groups in total. The minimum atomic E-state index is -3.52. The molecule has 0 unspecified atom stereocenters. The van der Waals surface area contributed by atoms with Gasteiger partial charge in [-0.15, -0.1) is 0 Å². The first-order valence-electron chi connectivity index (χ1n) is 8.15. The van der Waals surface area contributed by atoms with Crippen molar-refractivity contribution >= 4 is 21.5 Å². The van der Waals surface area contributed by atoms with E-state index in [4.69, 9.17) is 0 Å². The summed E-state index contributed by atoms with van der Waals surface area (Å²) in [6, 6.07) is 7.43. The molecule has 8 heteroatoms. The fourth-order valence-electron chi connectivity index (χ4n) is 3.06. The molecule has 0 saturated carbocycles. The molecule has 25 heavy (non-hydrogen) atoms. The summed E-state index contributed by atoms with van der Waals surface area (Å²) in [4.78, 5) is 13.8. The van der Waals surface area contributed by atoms with Gasteiger partial charge in [-0.05, 0) is 38.1 Å². The standard InChI is InChI=1S/C17H22N4O3S/c1-13-17(12-19(3)18-13)25(23,24)21-10-8-20(9-11-21)16-6-4-15(5-7-16)14(2)22/h4-7,12H,8-11H2,1-3H3. The molecule has 0 spiro atoms. The third kappa shape index (κ3) is 3.45. The summed E-state index contributed by atoms with van der Waals surface area (Å²) in [5.74, 6) is 0.0364. The first-order chi connectivity index (χ1) is 11.8. The van der Waals surface area contributed by atoms with Gasteiger partial charge in [0.2, 0.25) is 10.0 Å². The molecular formula is C17H22N4O3S. The zero-order chi connectivity index (χ0) is 18.2. The van der Waals surface area contributed by atoms with Crippen molar-refractivity contribution in [1.82, 2.24) is 14.1 Å². The second-order valence-corrected chi connectivity index (χ2v) is 8.15. The lowest BCUT2D eigenvalue weighted by molar-refractivity contribution is 0.101. The number of hydrogen-bond acceptors (Lipinski definition) is 5. The number of rotatable bonds is 4. The molecule has 0 atom stereocenters. The van der Waals surface area contributed by atoms with Crippen molar-refractivity contribution in [2.75, 3.05) is 31.1 Å². The summed E-state index contributed by atoms with van der Waals surface area (Å²) in [6.07, 6.45) is 1.55. The molecule has 1 aromatic heterocycles. The van der Waals surface area contributed by atoms with Gasteiger partial charge in [-0.25, -0.2) is 8.42 Å². The Hall–Kier alpha value is -2.19. The summed E-state index contributed by atoms with van der Waals surface area (Å²) in [5.41, 5.74) is 2.20. The zero-order valence-electron chi connectivity index (χ0n) is 14.6. The molecule has 2 aromatic rings. The van der Waals surface area contributed by atoms with E-state index < -0.39 is 10.0 Å². The number of aromatic nitrogens is 2. The smallest absolute Gasteiger partial charge is 0.246 e. The third-order valence-electron chi connectivity index (χ3n) is 4.46. The van der Waals surface area contributed by atoms with Crippen LogP contribution in [0.1, 0.15) is 23.0 Å². The topological polar surface area (TPSA) is 75.5 Å². The zero-order valence-corrected chi connectivity index (χ0v) is 15.5. The number of anilines is 1. The predicted molar refractivity (Wildman–Crippen MR) is 95.4 cm³/mol. The molecular weight excluding hydrogens is 340 g/mol. The lowest BCUT2D eigenvalue weighted by Gasteiger charge is -2.35. The van der Waals surface area contributed by atoms with E-state index in [1.54, 1.807) is 39.2 Å². The van der Waals surface area contributed by atoms with Crippen LogP contribution in [0.3, 0.4) is 0 Å². The van der Waals surface area contributed by atoms with Crippen LogP contribution in [0.25, 0.3) is 0 Å². The van der Waals surface area contributed by atoms with Crippen molar-refractivity contribution in [3.8, 4) is 0 Å². The molecule has 1 aliphatic heterocycles. The van der Waals surface area contributed by atoms with Crippen LogP contribution in [-0.4, -0.2) is 54.5 Å². The number of aryl methyl sites for hydroxylation is 2. The molecule has 134 valence electrons. The fraction of sp³-hybridized carbons (Fsp3) is 0.412. The van der Waals surface area contributed by atoms with E-state index >= 15 is 0 Å². The molecule has 2 heterocycles. The van der Waals surface area contributed by atoms with Crippen LogP contribution in [0.2, 0.25) is 0 Å². The van der Waals surface area contributed by atoms with Crippen LogP contribution in [0, 0.1) is 6.92 Å². The Bertz CT molecular complexity index is 879. The Morgan fingerprint density at radius 3 is 2.16 bits per heavy atom. The molecule has 0 bridgehead atoms. The number of sulfonamides is 1. The molecule has 1 saturated heterocycles. The Morgan fingerprint density at radius 2 is 1.68 bits per heavy atom. The Balaban J connectivity index is 1.71. The van der Waals surface area contributed by atoms with Gasteiger partial charge in [-0.2, -0.15) is 9.40 Å². The summed E-state index contributed by atoms with van der Waals surface area (Å²) in [5, 5.41) is 4.13. The van der Waals surface area contributed by atoms with Crippen molar-refractivity contribution in [2.24, 2.45) is 7.05 Å². The van der Waals surface area contributed by atoms with Crippen LogP contribution in [0.4, 0.5) is 5.69 Å². The fourth-order valence-corrected chi connectivity index (χ4v) is 4.69. The molecule has 1 aromatic carbocycles. The maximum Gasteiger partial charge on any atom is 0.246 e. The van der Waals surface area contributed by atoms with Crippen LogP contribution in [-0.2, 0) is 17.1 Å². The van der Waals surface area contributed by atoms with Crippen LogP contribution >= 0.6 is 0 Å². The first kappa shape index (κ1) is 17.6. The maximum atomic E-state index is 12.8. The molecule has 0 aliphatic carbocycles. The van der Waals surface area contributed by atoms with Crippen LogP contribution < -0.4 is 4.90 Å². The number of Topliss-reactive ketones (excluding diaryl/α,β-unsaturated/α-hetero) is 1. The molecule has 0 radical (unpaired) electrons. The van der Waals surface area contributed by atoms with Crippen molar-refractivity contribution in [3.05, 3.63) is 41.7 Å². The SMILES string of the molecule is CC(=O)c1ccc(N2CCN(S(=O)(=O)c3cn(C)nc3C)CC2)cc1. The van der Waals surface area contributed by atoms with E-state index in [9.17, 15) is 13.2 Å². The largest absolute Gasteiger partial charge is 0.369 e. The summed E-state index contributed by atoms with van der Waals surface area (Å²) in [7, 11) is -1.80. The first-order valence-corrected chi connectivity index (χ1v) is 9.59. The monoisotopic (exact) mass is 362 g/mol. The molecule has 1 aliphatic rings. The number of carbonyl (C=O) groups excluding carboxylic acids is 1. The second-order valence-electron chi connectivity index (χ2n) is 6.25. The third-order valence-corrected chi connectivity index (χ3v) is 6.47. The normalized spacial score (nSPS) is 16.2. The summed E-state index contributed by atoms with van der Waals surface area (Å²) < 4.78 is 28.6. The summed E-state index contributed by atoms with van der Waals surface area (Å²) in [6.45, 7) is 5.31. The highest BCUT2D eigenvalue weighted by molar-refractivity contribution is 7.89. The lowest BCUT2D eigenvalue weighted by Crippen LogP contribution is -2.48. The summed E-state index contributed by atoms with van der Waals surface area (Å²) >= 11 is 0. The van der Waals surface area contributed by atoms with Gasteiger partial charge in [0.05, 0.1) is 5.69 Å². The quantitative estimate of drug-likeness (QED) is 0.770. The number of ketones is 1. The number of hydrogen-bond donors (Lipinski definition) is 0. The van der Waals surface area contributed by atoms with Gasteiger partial charge >= 0.3 is 0 Å². The highest BCUT2D eigenvalue weighted by atomic mass is 32.2. The molecule has 7 nitrogen and oxygen atoms in total. The van der Waals surface area contributed by atoms with Gasteiger partial charge in [0.15, 0.2) is 5.78 Å². The number of carbonyl (C=O) groups is 1. The van der Waals surface area contributed by atoms with Gasteiger partial charge in [0.25, 0.3) is 0 Å². The van der Waals surface area contributed by atoms with Crippen LogP contribution in [0.5, 0.6) is 0 Å². The number of benzene rings is 1. The Kier molecular flexibility index (Phi) is 4.66. The van der Waals surface area contributed by atoms with Crippen molar-refractivity contribution in [1.29, 1.82) is 0 Å². The van der Waals surface area contributed by atoms with Crippen LogP contribution in [0.15, 0.2) is 35.4 Å². The van der Waals surface area contributed by atoms with E-state index in [1.165, 1.54) is 8.99 Å². The van der Waals surface area contributed by atoms with Gasteiger partial charge in [-0.3, -0.25) is 9.48 Å². The maximum absolute atomic E-state index is 12.8. The molecule has 3 rings (SSSR count).